The highest BCUT2D eigenvalue weighted by Crippen LogP contribution is 2.27. The van der Waals surface area contributed by atoms with Crippen LogP contribution in [-0.2, 0) is 0 Å². The first-order valence-corrected chi connectivity index (χ1v) is 7.18. The molecule has 4 aromatic rings. The van der Waals surface area contributed by atoms with Crippen molar-refractivity contribution in [2.45, 2.75) is 0 Å². The summed E-state index contributed by atoms with van der Waals surface area (Å²) in [5.74, 6) is 1.17. The number of para-hydroxylation sites is 3. The van der Waals surface area contributed by atoms with Crippen LogP contribution in [0.15, 0.2) is 67.3 Å². The third kappa shape index (κ3) is 2.36. The average molecular weight is 302 g/mol. The highest BCUT2D eigenvalue weighted by molar-refractivity contribution is 5.81. The van der Waals surface area contributed by atoms with E-state index in [0.717, 1.165) is 16.7 Å². The fraction of sp³-hybridized carbons (Fsp3) is 0. The summed E-state index contributed by atoms with van der Waals surface area (Å²) in [5, 5.41) is 3.21. The molecule has 0 atom stereocenters. The zero-order valence-electron chi connectivity index (χ0n) is 12.2. The molecule has 0 radical (unpaired) electrons. The Bertz CT molecular complexity index is 961. The second-order valence-electron chi connectivity index (χ2n) is 5.05. The van der Waals surface area contributed by atoms with E-state index < -0.39 is 0 Å². The van der Waals surface area contributed by atoms with Crippen LogP contribution in [0.4, 0.5) is 17.2 Å². The third-order valence-corrected chi connectivity index (χ3v) is 3.58. The summed E-state index contributed by atoms with van der Waals surface area (Å²) in [5.41, 5.74) is 9.50. The molecule has 4 rings (SSSR count). The van der Waals surface area contributed by atoms with Gasteiger partial charge in [-0.2, -0.15) is 0 Å². The van der Waals surface area contributed by atoms with Crippen molar-refractivity contribution in [1.82, 2.24) is 19.5 Å². The van der Waals surface area contributed by atoms with Crippen LogP contribution in [-0.4, -0.2) is 19.5 Å². The molecule has 0 aliphatic heterocycles. The summed E-state index contributed by atoms with van der Waals surface area (Å²) in [4.78, 5) is 12.9. The maximum Gasteiger partial charge on any atom is 0.167 e. The molecule has 0 aliphatic rings. The molecule has 0 bridgehead atoms. The van der Waals surface area contributed by atoms with Crippen molar-refractivity contribution < 1.29 is 0 Å². The van der Waals surface area contributed by atoms with Gasteiger partial charge in [0.1, 0.15) is 18.3 Å². The number of nitrogen functional groups attached to an aromatic ring is 1. The molecular formula is C17H14N6. The first kappa shape index (κ1) is 13.3. The van der Waals surface area contributed by atoms with E-state index in [1.807, 2.05) is 59.2 Å². The van der Waals surface area contributed by atoms with Crippen LogP contribution in [0.25, 0.3) is 16.9 Å². The molecule has 3 N–H and O–H groups in total. The Labute approximate surface area is 132 Å². The maximum atomic E-state index is 6.28. The van der Waals surface area contributed by atoms with Crippen molar-refractivity contribution in [2.75, 3.05) is 11.1 Å². The lowest BCUT2D eigenvalue weighted by atomic mass is 10.3. The molecule has 6 heteroatoms. The monoisotopic (exact) mass is 302 g/mol. The summed E-state index contributed by atoms with van der Waals surface area (Å²) in [6.45, 7) is 0. The number of hydrogen-bond acceptors (Lipinski definition) is 5. The minimum atomic E-state index is 0.472. The van der Waals surface area contributed by atoms with Gasteiger partial charge in [0.25, 0.3) is 0 Å². The number of anilines is 3. The number of nitrogens with two attached hydrogens (primary N) is 1. The highest BCUT2D eigenvalue weighted by atomic mass is 15.2. The van der Waals surface area contributed by atoms with Crippen molar-refractivity contribution >= 4 is 28.2 Å². The van der Waals surface area contributed by atoms with E-state index in [4.69, 9.17) is 5.73 Å². The standard InChI is InChI=1S/C17H14N6/c18-15-16(22-12-6-2-1-3-7-12)19-10-20-17(15)23-11-21-13-8-4-5-9-14(13)23/h1-11H,18H2,(H,19,20,22). The van der Waals surface area contributed by atoms with Crippen LogP contribution < -0.4 is 11.1 Å². The van der Waals surface area contributed by atoms with Gasteiger partial charge in [-0.25, -0.2) is 15.0 Å². The van der Waals surface area contributed by atoms with E-state index in [0.29, 0.717) is 17.3 Å². The molecule has 112 valence electrons. The SMILES string of the molecule is Nc1c(Nc2ccccc2)ncnc1-n1cnc2ccccc21. The molecule has 0 aliphatic carbocycles. The minimum Gasteiger partial charge on any atom is -0.393 e. The molecule has 6 nitrogen and oxygen atoms in total. The normalized spacial score (nSPS) is 10.8. The molecule has 0 saturated carbocycles. The summed E-state index contributed by atoms with van der Waals surface area (Å²) < 4.78 is 1.86. The first-order chi connectivity index (χ1) is 11.3. The lowest BCUT2D eigenvalue weighted by molar-refractivity contribution is 1.00. The number of benzene rings is 2. The van der Waals surface area contributed by atoms with Gasteiger partial charge in [0.2, 0.25) is 0 Å². The summed E-state index contributed by atoms with van der Waals surface area (Å²) in [7, 11) is 0. The van der Waals surface area contributed by atoms with Crippen molar-refractivity contribution in [1.29, 1.82) is 0 Å². The Morgan fingerprint density at radius 1 is 0.870 bits per heavy atom. The lowest BCUT2D eigenvalue weighted by Crippen LogP contribution is -2.07. The van der Waals surface area contributed by atoms with Crippen LogP contribution in [0.5, 0.6) is 0 Å². The van der Waals surface area contributed by atoms with Crippen molar-refractivity contribution in [3.05, 3.63) is 67.3 Å². The number of aromatic nitrogens is 4. The molecule has 0 fully saturated rings. The number of nitrogens with zero attached hydrogens (tertiary/aromatic N) is 4. The van der Waals surface area contributed by atoms with Crippen LogP contribution in [0.2, 0.25) is 0 Å². The Morgan fingerprint density at radius 2 is 1.65 bits per heavy atom. The van der Waals surface area contributed by atoms with Gasteiger partial charge >= 0.3 is 0 Å². The molecule has 0 amide bonds. The van der Waals surface area contributed by atoms with Gasteiger partial charge in [-0.1, -0.05) is 30.3 Å². The Hall–Kier alpha value is -3.41. The van der Waals surface area contributed by atoms with E-state index in [1.54, 1.807) is 6.33 Å². The topological polar surface area (TPSA) is 81.6 Å². The fourth-order valence-corrected chi connectivity index (χ4v) is 2.46. The Balaban J connectivity index is 1.80. The zero-order valence-corrected chi connectivity index (χ0v) is 12.2. The van der Waals surface area contributed by atoms with E-state index in [2.05, 4.69) is 20.3 Å². The molecule has 2 heterocycles. The average Bonchev–Trinajstić information content (AvgIpc) is 3.02. The van der Waals surface area contributed by atoms with Crippen LogP contribution in [0, 0.1) is 0 Å². The van der Waals surface area contributed by atoms with Crippen molar-refractivity contribution in [2.24, 2.45) is 0 Å². The second-order valence-corrected chi connectivity index (χ2v) is 5.05. The molecule has 2 aromatic carbocycles. The van der Waals surface area contributed by atoms with Crippen LogP contribution in [0.3, 0.4) is 0 Å². The Morgan fingerprint density at radius 3 is 2.52 bits per heavy atom. The fourth-order valence-electron chi connectivity index (χ4n) is 2.46. The third-order valence-electron chi connectivity index (χ3n) is 3.58. The molecule has 23 heavy (non-hydrogen) atoms. The number of nitrogens with one attached hydrogen (secondary N) is 1. The smallest absolute Gasteiger partial charge is 0.167 e. The number of fused-ring (bicyclic) bond motifs is 1. The number of hydrogen-bond donors (Lipinski definition) is 2. The van der Waals surface area contributed by atoms with Gasteiger partial charge in [-0.15, -0.1) is 0 Å². The van der Waals surface area contributed by atoms with Crippen LogP contribution in [0.1, 0.15) is 0 Å². The molecule has 0 spiro atoms. The van der Waals surface area contributed by atoms with Crippen molar-refractivity contribution in [3.63, 3.8) is 0 Å². The van der Waals surface area contributed by atoms with E-state index in [-0.39, 0.29) is 0 Å². The summed E-state index contributed by atoms with van der Waals surface area (Å²) >= 11 is 0. The predicted molar refractivity (Wildman–Crippen MR) is 90.8 cm³/mol. The zero-order chi connectivity index (χ0) is 15.6. The second kappa shape index (κ2) is 5.42. The first-order valence-electron chi connectivity index (χ1n) is 7.18. The van der Waals surface area contributed by atoms with Gasteiger partial charge < -0.3 is 11.1 Å². The van der Waals surface area contributed by atoms with E-state index in [9.17, 15) is 0 Å². The predicted octanol–water partition coefficient (Wildman–Crippen LogP) is 3.14. The molecule has 0 saturated heterocycles. The van der Waals surface area contributed by atoms with Crippen LogP contribution >= 0.6 is 0 Å². The van der Waals surface area contributed by atoms with Gasteiger partial charge in [0.05, 0.1) is 11.0 Å². The van der Waals surface area contributed by atoms with Crippen molar-refractivity contribution in [3.8, 4) is 5.82 Å². The van der Waals surface area contributed by atoms with Gasteiger partial charge in [-0.3, -0.25) is 4.57 Å². The lowest BCUT2D eigenvalue weighted by Gasteiger charge is -2.12. The van der Waals surface area contributed by atoms with E-state index in [1.165, 1.54) is 6.33 Å². The van der Waals surface area contributed by atoms with Gasteiger partial charge in [-0.05, 0) is 24.3 Å². The largest absolute Gasteiger partial charge is 0.393 e. The minimum absolute atomic E-state index is 0.472. The number of rotatable bonds is 3. The van der Waals surface area contributed by atoms with Gasteiger partial charge in [0.15, 0.2) is 11.6 Å². The highest BCUT2D eigenvalue weighted by Gasteiger charge is 2.12. The number of imidazole rings is 1. The van der Waals surface area contributed by atoms with Gasteiger partial charge in [0, 0.05) is 5.69 Å². The molecule has 2 aromatic heterocycles. The summed E-state index contributed by atoms with van der Waals surface area (Å²) in [6, 6.07) is 17.6. The quantitative estimate of drug-likeness (QED) is 0.607. The molecule has 0 unspecified atom stereocenters. The summed E-state index contributed by atoms with van der Waals surface area (Å²) in [6.07, 6.45) is 3.21. The Kier molecular flexibility index (Phi) is 3.12. The molecular weight excluding hydrogens is 288 g/mol. The maximum absolute atomic E-state index is 6.28. The van der Waals surface area contributed by atoms with E-state index >= 15 is 0 Å².